The quantitative estimate of drug-likeness (QED) is 0.0608. The van der Waals surface area contributed by atoms with Crippen LogP contribution in [0.3, 0.4) is 0 Å². The maximum atomic E-state index is 15.5. The second-order valence-electron chi connectivity index (χ2n) is 15.6. The molecule has 0 radical (unpaired) electrons. The topological polar surface area (TPSA) is 148 Å². The molecule has 4 aromatic carbocycles. The van der Waals surface area contributed by atoms with Gasteiger partial charge in [0.1, 0.15) is 11.9 Å². The molecule has 2 saturated heterocycles. The van der Waals surface area contributed by atoms with E-state index in [1.165, 1.54) is 6.07 Å². The van der Waals surface area contributed by atoms with Gasteiger partial charge in [0, 0.05) is 59.4 Å². The molecule has 0 bridgehead atoms. The van der Waals surface area contributed by atoms with Gasteiger partial charge in [-0.2, -0.15) is 4.31 Å². The molecule has 58 heavy (non-hydrogen) atoms. The molecule has 4 aliphatic heterocycles. The number of halogens is 1. The van der Waals surface area contributed by atoms with E-state index in [0.29, 0.717) is 42.6 Å². The number of piperidine rings is 1. The summed E-state index contributed by atoms with van der Waals surface area (Å²) in [5.41, 5.74) is 5.92. The lowest BCUT2D eigenvalue weighted by atomic mass is 9.82. The largest absolute Gasteiger partial charge is 0.394 e. The van der Waals surface area contributed by atoms with E-state index in [2.05, 4.69) is 16.0 Å². The molecular formula is C44H48FN5O6S2. The van der Waals surface area contributed by atoms with E-state index in [-0.39, 0.29) is 47.5 Å². The molecular weight excluding hydrogens is 778 g/mol. The van der Waals surface area contributed by atoms with E-state index in [9.17, 15) is 27.9 Å². The Morgan fingerprint density at radius 2 is 1.74 bits per heavy atom. The zero-order valence-corrected chi connectivity index (χ0v) is 34.0. The first-order valence-corrected chi connectivity index (χ1v) is 22.5. The molecule has 0 aromatic heterocycles. The van der Waals surface area contributed by atoms with Gasteiger partial charge in [0.25, 0.3) is 5.91 Å². The minimum atomic E-state index is -3.83. The minimum Gasteiger partial charge on any atom is -0.394 e. The van der Waals surface area contributed by atoms with Crippen LogP contribution < -0.4 is 16.0 Å². The summed E-state index contributed by atoms with van der Waals surface area (Å²) in [6.07, 6.45) is 5.12. The Bertz CT molecular complexity index is 2340. The maximum absolute atomic E-state index is 15.5. The number of benzene rings is 4. The highest BCUT2D eigenvalue weighted by molar-refractivity contribution is 7.99. The van der Waals surface area contributed by atoms with Crippen molar-refractivity contribution in [1.82, 2.24) is 14.5 Å². The minimum absolute atomic E-state index is 0.130. The third-order valence-electron chi connectivity index (χ3n) is 11.9. The number of aliphatic hydroxyl groups is 1. The monoisotopic (exact) mass is 825 g/mol. The predicted octanol–water partition coefficient (Wildman–Crippen LogP) is 6.87. The molecule has 1 unspecified atom stereocenters. The highest BCUT2D eigenvalue weighted by Crippen LogP contribution is 2.49. The molecule has 8 rings (SSSR count). The molecule has 4 N–H and O–H groups in total. The van der Waals surface area contributed by atoms with Crippen LogP contribution in [0.25, 0.3) is 11.1 Å². The second-order valence-corrected chi connectivity index (χ2v) is 18.7. The van der Waals surface area contributed by atoms with Gasteiger partial charge in [-0.15, -0.1) is 11.8 Å². The number of rotatable bonds is 14. The first-order valence-electron chi connectivity index (χ1n) is 20.1. The van der Waals surface area contributed by atoms with Crippen LogP contribution in [-0.2, 0) is 26.2 Å². The smallest absolute Gasteiger partial charge is 0.255 e. The summed E-state index contributed by atoms with van der Waals surface area (Å²) in [5, 5.41) is 19.5. The zero-order valence-electron chi connectivity index (χ0n) is 32.4. The van der Waals surface area contributed by atoms with Gasteiger partial charge in [-0.1, -0.05) is 42.7 Å². The summed E-state index contributed by atoms with van der Waals surface area (Å²) in [6.45, 7) is 3.19. The van der Waals surface area contributed by atoms with E-state index in [0.717, 1.165) is 70.9 Å². The van der Waals surface area contributed by atoms with E-state index in [1.54, 1.807) is 57.4 Å². The van der Waals surface area contributed by atoms with Crippen molar-refractivity contribution in [1.29, 1.82) is 0 Å². The fraction of sp³-hybridized carbons (Fsp3) is 0.386. The number of sulfonamides is 1. The van der Waals surface area contributed by atoms with Crippen molar-refractivity contribution in [2.24, 2.45) is 5.92 Å². The van der Waals surface area contributed by atoms with Crippen LogP contribution in [0.1, 0.15) is 78.0 Å². The lowest BCUT2D eigenvalue weighted by Gasteiger charge is -2.39. The molecule has 4 aromatic rings. The van der Waals surface area contributed by atoms with Gasteiger partial charge in [-0.3, -0.25) is 19.7 Å². The number of hydrogen-bond donors (Lipinski definition) is 4. The number of imide groups is 1. The first kappa shape index (κ1) is 40.0. The number of thioether (sulfide) groups is 1. The predicted molar refractivity (Wildman–Crippen MR) is 222 cm³/mol. The normalized spacial score (nSPS) is 21.6. The van der Waals surface area contributed by atoms with Crippen molar-refractivity contribution in [3.05, 3.63) is 107 Å². The molecule has 14 heteroatoms. The summed E-state index contributed by atoms with van der Waals surface area (Å²) in [7, 11) is -3.83. The number of fused-ring (bicyclic) bond motifs is 4. The number of hydrogen-bond acceptors (Lipinski definition) is 9. The van der Waals surface area contributed by atoms with Gasteiger partial charge in [0.15, 0.2) is 0 Å². The third kappa shape index (κ3) is 7.86. The van der Waals surface area contributed by atoms with Crippen LogP contribution in [0.5, 0.6) is 0 Å². The maximum Gasteiger partial charge on any atom is 0.255 e. The van der Waals surface area contributed by atoms with Crippen LogP contribution in [0.2, 0.25) is 0 Å². The van der Waals surface area contributed by atoms with Gasteiger partial charge in [-0.25, -0.2) is 12.8 Å². The average Bonchev–Trinajstić information content (AvgIpc) is 3.82. The third-order valence-corrected chi connectivity index (χ3v) is 15.0. The van der Waals surface area contributed by atoms with Gasteiger partial charge in [0.05, 0.1) is 23.6 Å². The number of nitrogens with zero attached hydrogens (tertiary/aromatic N) is 2. The zero-order chi connectivity index (χ0) is 40.6. The SMILES string of the molecule is Cc1ccc(S(=O)(=O)N2CC[C@@H]3[C@@H](CO)Nc4ccc(-c5cc(NCCCCCCSc6cccc7c6CN(C6CCC(=O)NC6=O)C7=O)ccc5F)cc4[C@@H]32)cc1. The summed E-state index contributed by atoms with van der Waals surface area (Å²) >= 11 is 1.72. The van der Waals surface area contributed by atoms with Crippen molar-refractivity contribution in [2.45, 2.75) is 86.3 Å². The lowest BCUT2D eigenvalue weighted by Crippen LogP contribution is -2.52. The van der Waals surface area contributed by atoms with E-state index in [1.807, 2.05) is 43.3 Å². The number of amides is 3. The number of unbranched alkanes of at least 4 members (excludes halogenated alkanes) is 3. The Hall–Kier alpha value is -4.76. The van der Waals surface area contributed by atoms with Gasteiger partial charge in [-0.05, 0) is 110 Å². The number of carbonyl (C=O) groups is 3. The Morgan fingerprint density at radius 3 is 2.53 bits per heavy atom. The van der Waals surface area contributed by atoms with Crippen molar-refractivity contribution in [2.75, 3.05) is 36.1 Å². The molecule has 4 aliphatic rings. The van der Waals surface area contributed by atoms with Crippen molar-refractivity contribution >= 4 is 50.9 Å². The number of aliphatic hydroxyl groups excluding tert-OH is 1. The lowest BCUT2D eigenvalue weighted by molar-refractivity contribution is -0.136. The number of nitrogens with one attached hydrogen (secondary N) is 3. The Balaban J connectivity index is 0.859. The fourth-order valence-electron chi connectivity index (χ4n) is 8.85. The summed E-state index contributed by atoms with van der Waals surface area (Å²) in [4.78, 5) is 40.1. The van der Waals surface area contributed by atoms with E-state index >= 15 is 4.39 Å². The number of carbonyl (C=O) groups excluding carboxylic acids is 3. The molecule has 304 valence electrons. The Labute approximate surface area is 342 Å². The molecule has 2 fully saturated rings. The summed E-state index contributed by atoms with van der Waals surface area (Å²) < 4.78 is 45.0. The average molecular weight is 826 g/mol. The van der Waals surface area contributed by atoms with Crippen LogP contribution in [-0.4, -0.2) is 78.0 Å². The van der Waals surface area contributed by atoms with Gasteiger partial charge >= 0.3 is 0 Å². The highest BCUT2D eigenvalue weighted by atomic mass is 32.2. The van der Waals surface area contributed by atoms with Crippen molar-refractivity contribution in [3.63, 3.8) is 0 Å². The van der Waals surface area contributed by atoms with Crippen LogP contribution in [0.15, 0.2) is 88.7 Å². The first-order chi connectivity index (χ1) is 28.0. The molecule has 0 aliphatic carbocycles. The van der Waals surface area contributed by atoms with E-state index < -0.39 is 28.0 Å². The Kier molecular flexibility index (Phi) is 11.6. The second kappa shape index (κ2) is 16.8. The van der Waals surface area contributed by atoms with Crippen molar-refractivity contribution < 1.29 is 32.3 Å². The Morgan fingerprint density at radius 1 is 0.931 bits per heavy atom. The van der Waals surface area contributed by atoms with Crippen molar-refractivity contribution in [3.8, 4) is 11.1 Å². The molecule has 3 amide bonds. The fourth-order valence-corrected chi connectivity index (χ4v) is 11.6. The molecule has 0 spiro atoms. The molecule has 4 heterocycles. The highest BCUT2D eigenvalue weighted by Gasteiger charge is 2.48. The summed E-state index contributed by atoms with van der Waals surface area (Å²) in [6, 6.07) is 21.7. The molecule has 11 nitrogen and oxygen atoms in total. The molecule has 4 atom stereocenters. The molecule has 0 saturated carbocycles. The standard InChI is InChI=1S/C44H48FN5O6S2/c1-27-9-13-30(14-10-27)58(55,56)50-21-19-32-38(26-51)47-37-16-11-28(23-34(37)42(32)50)33-24-29(12-15-36(33)45)46-20-4-2-3-5-22-57-40-8-6-7-31-35(40)25-49(44(31)54)39-17-18-41(52)48-43(39)53/h6-16,23-24,32,38-39,42,46-47,51H,2-5,17-22,25-26H2,1H3,(H,48,52,53)/t32-,38-,39?,42-/m1/s1. The van der Waals surface area contributed by atoms with Gasteiger partial charge in [0.2, 0.25) is 21.8 Å². The van der Waals surface area contributed by atoms with Crippen LogP contribution in [0, 0.1) is 18.7 Å². The summed E-state index contributed by atoms with van der Waals surface area (Å²) in [5.74, 6) is -0.489. The number of aryl methyl sites for hydroxylation is 1. The van der Waals surface area contributed by atoms with Gasteiger partial charge < -0.3 is 20.6 Å². The number of anilines is 2. The van der Waals surface area contributed by atoms with Crippen LogP contribution in [0.4, 0.5) is 15.8 Å². The van der Waals surface area contributed by atoms with E-state index in [4.69, 9.17) is 0 Å². The van der Waals surface area contributed by atoms with Crippen LogP contribution >= 0.6 is 11.8 Å².